The van der Waals surface area contributed by atoms with E-state index in [0.717, 1.165) is 37.7 Å². The number of carbonyl (C=O) groups excluding carboxylic acids is 1. The molecule has 5 heteroatoms. The van der Waals surface area contributed by atoms with Crippen molar-refractivity contribution < 1.29 is 24.5 Å². The van der Waals surface area contributed by atoms with Crippen LogP contribution in [0, 0.1) is 11.8 Å². The highest BCUT2D eigenvalue weighted by molar-refractivity contribution is 5.97. The summed E-state index contributed by atoms with van der Waals surface area (Å²) in [6.45, 7) is 11.5. The Labute approximate surface area is 182 Å². The van der Waals surface area contributed by atoms with Crippen LogP contribution in [0.15, 0.2) is 47.5 Å². The fraction of sp³-hybridized carbons (Fsp3) is 0.640. The van der Waals surface area contributed by atoms with Crippen LogP contribution in [0.3, 0.4) is 0 Å². The van der Waals surface area contributed by atoms with Crippen molar-refractivity contribution >= 4 is 5.78 Å². The van der Waals surface area contributed by atoms with Gasteiger partial charge >= 0.3 is 0 Å². The maximum atomic E-state index is 12.6. The Morgan fingerprint density at radius 1 is 1.20 bits per heavy atom. The minimum Gasteiger partial charge on any atom is -0.494 e. The van der Waals surface area contributed by atoms with Crippen molar-refractivity contribution in [3.63, 3.8) is 0 Å². The molecule has 0 bridgehead atoms. The summed E-state index contributed by atoms with van der Waals surface area (Å²) in [5, 5.41) is 20.5. The molecule has 0 radical (unpaired) electrons. The van der Waals surface area contributed by atoms with Gasteiger partial charge in [-0.25, -0.2) is 0 Å². The van der Waals surface area contributed by atoms with E-state index in [4.69, 9.17) is 9.47 Å². The number of ketones is 1. The van der Waals surface area contributed by atoms with Gasteiger partial charge < -0.3 is 19.7 Å². The molecule has 0 saturated heterocycles. The van der Waals surface area contributed by atoms with E-state index in [1.165, 1.54) is 19.8 Å². The summed E-state index contributed by atoms with van der Waals surface area (Å²) in [6.07, 6.45) is 10.3. The highest BCUT2D eigenvalue weighted by Gasteiger charge is 2.42. The summed E-state index contributed by atoms with van der Waals surface area (Å²) in [5.74, 6) is -0.423. The molecular formula is C25H40O5. The molecule has 0 fully saturated rings. The number of aliphatic hydroxyl groups is 2. The molecule has 0 spiro atoms. The molecule has 0 aromatic heterocycles. The van der Waals surface area contributed by atoms with Crippen molar-refractivity contribution in [3.05, 3.63) is 47.5 Å². The lowest BCUT2D eigenvalue weighted by molar-refractivity contribution is -0.128. The van der Waals surface area contributed by atoms with Gasteiger partial charge in [0.1, 0.15) is 6.10 Å². The number of ether oxygens (including phenoxy) is 2. The zero-order valence-electron chi connectivity index (χ0n) is 19.5. The number of rotatable bonds is 12. The number of allylic oxidation sites excluding steroid dienone is 6. The van der Waals surface area contributed by atoms with E-state index in [1.807, 2.05) is 26.8 Å². The van der Waals surface area contributed by atoms with E-state index in [0.29, 0.717) is 6.42 Å². The Bertz CT molecular complexity index is 678. The standard InChI is InChI=1S/C25H40O5/c1-8-19(13-9-11-17(2)12-10-16-25(4,5)28)14-15-20-18(3)21(26)23(29-6)24(30-7)22(20)27/h8,11,14,18,20,22,27-28H,1,9-10,12-13,15-16H2,2-7H3/b17-11+,19-14+. The molecule has 0 heterocycles. The monoisotopic (exact) mass is 420 g/mol. The molecule has 3 unspecified atom stereocenters. The van der Waals surface area contributed by atoms with Crippen molar-refractivity contribution in [2.75, 3.05) is 14.2 Å². The van der Waals surface area contributed by atoms with Crippen LogP contribution in [0.1, 0.15) is 66.2 Å². The minimum atomic E-state index is -0.877. The first-order valence-corrected chi connectivity index (χ1v) is 10.8. The second kappa shape index (κ2) is 12.1. The van der Waals surface area contributed by atoms with Crippen molar-refractivity contribution in [1.82, 2.24) is 0 Å². The van der Waals surface area contributed by atoms with Crippen LogP contribution in [-0.4, -0.2) is 41.9 Å². The second-order valence-electron chi connectivity index (χ2n) is 8.84. The predicted molar refractivity (Wildman–Crippen MR) is 121 cm³/mol. The summed E-state index contributed by atoms with van der Waals surface area (Å²) < 4.78 is 10.4. The average molecular weight is 421 g/mol. The molecule has 2 N–H and O–H groups in total. The second-order valence-corrected chi connectivity index (χ2v) is 8.84. The molecule has 1 aliphatic rings. The Hall–Kier alpha value is -1.85. The van der Waals surface area contributed by atoms with Crippen molar-refractivity contribution in [2.45, 2.75) is 77.9 Å². The topological polar surface area (TPSA) is 76.0 Å². The van der Waals surface area contributed by atoms with Gasteiger partial charge in [0.05, 0.1) is 19.8 Å². The Morgan fingerprint density at radius 3 is 2.40 bits per heavy atom. The maximum Gasteiger partial charge on any atom is 0.204 e. The fourth-order valence-electron chi connectivity index (χ4n) is 3.83. The normalized spacial score (nSPS) is 23.6. The lowest BCUT2D eigenvalue weighted by Gasteiger charge is -2.33. The van der Waals surface area contributed by atoms with E-state index >= 15 is 0 Å². The molecule has 0 saturated carbocycles. The van der Waals surface area contributed by atoms with E-state index in [9.17, 15) is 15.0 Å². The third kappa shape index (κ3) is 7.77. The van der Waals surface area contributed by atoms with Crippen LogP contribution in [-0.2, 0) is 14.3 Å². The number of aliphatic hydroxyl groups excluding tert-OH is 1. The largest absolute Gasteiger partial charge is 0.494 e. The molecule has 5 nitrogen and oxygen atoms in total. The van der Waals surface area contributed by atoms with E-state index in [-0.39, 0.29) is 29.1 Å². The third-order valence-electron chi connectivity index (χ3n) is 5.80. The van der Waals surface area contributed by atoms with Gasteiger partial charge in [-0.2, -0.15) is 0 Å². The van der Waals surface area contributed by atoms with Gasteiger partial charge in [0.15, 0.2) is 5.76 Å². The van der Waals surface area contributed by atoms with Crippen molar-refractivity contribution in [3.8, 4) is 0 Å². The van der Waals surface area contributed by atoms with Crippen molar-refractivity contribution in [2.24, 2.45) is 11.8 Å². The third-order valence-corrected chi connectivity index (χ3v) is 5.80. The van der Waals surface area contributed by atoms with Crippen LogP contribution in [0.5, 0.6) is 0 Å². The minimum absolute atomic E-state index is 0.117. The maximum absolute atomic E-state index is 12.6. The lowest BCUT2D eigenvalue weighted by Crippen LogP contribution is -2.40. The zero-order chi connectivity index (χ0) is 22.9. The van der Waals surface area contributed by atoms with Gasteiger partial charge in [-0.15, -0.1) is 0 Å². The molecule has 170 valence electrons. The van der Waals surface area contributed by atoms with Crippen LogP contribution < -0.4 is 0 Å². The van der Waals surface area contributed by atoms with Crippen molar-refractivity contribution in [1.29, 1.82) is 0 Å². The first kappa shape index (κ1) is 26.2. The summed E-state index contributed by atoms with van der Waals surface area (Å²) in [5.41, 5.74) is 1.82. The highest BCUT2D eigenvalue weighted by Crippen LogP contribution is 2.35. The molecule has 0 aromatic rings. The summed E-state index contributed by atoms with van der Waals surface area (Å²) in [7, 11) is 2.86. The number of carbonyl (C=O) groups is 1. The Kier molecular flexibility index (Phi) is 10.6. The molecular weight excluding hydrogens is 380 g/mol. The number of Topliss-reactive ketones (excluding diaryl/α,β-unsaturated/α-hetero) is 1. The predicted octanol–water partition coefficient (Wildman–Crippen LogP) is 4.86. The SMILES string of the molecule is C=C/C(=C\CC1C(C)C(=O)C(OC)=C(OC)C1O)CC/C=C(\C)CCCC(C)(C)O. The smallest absolute Gasteiger partial charge is 0.204 e. The summed E-state index contributed by atoms with van der Waals surface area (Å²) in [4.78, 5) is 12.6. The molecule has 1 rings (SSSR count). The summed E-state index contributed by atoms with van der Waals surface area (Å²) in [6, 6.07) is 0. The van der Waals surface area contributed by atoms with E-state index < -0.39 is 11.7 Å². The van der Waals surface area contributed by atoms with Crippen LogP contribution >= 0.6 is 0 Å². The summed E-state index contributed by atoms with van der Waals surface area (Å²) >= 11 is 0. The Balaban J connectivity index is 2.69. The van der Waals surface area contributed by atoms with E-state index in [1.54, 1.807) is 0 Å². The molecule has 3 atom stereocenters. The van der Waals surface area contributed by atoms with Gasteiger partial charge in [-0.3, -0.25) is 4.79 Å². The molecule has 0 aromatic carbocycles. The molecule has 0 amide bonds. The molecule has 30 heavy (non-hydrogen) atoms. The van der Waals surface area contributed by atoms with Gasteiger partial charge in [-0.05, 0) is 59.3 Å². The van der Waals surface area contributed by atoms with Gasteiger partial charge in [0.25, 0.3) is 0 Å². The molecule has 1 aliphatic carbocycles. The number of hydrogen-bond acceptors (Lipinski definition) is 5. The van der Waals surface area contributed by atoms with Gasteiger partial charge in [0.2, 0.25) is 11.5 Å². The fourth-order valence-corrected chi connectivity index (χ4v) is 3.83. The molecule has 0 aliphatic heterocycles. The quantitative estimate of drug-likeness (QED) is 0.348. The van der Waals surface area contributed by atoms with Gasteiger partial charge in [-0.1, -0.05) is 42.9 Å². The van der Waals surface area contributed by atoms with Crippen LogP contribution in [0.25, 0.3) is 0 Å². The highest BCUT2D eigenvalue weighted by atomic mass is 16.5. The van der Waals surface area contributed by atoms with Crippen LogP contribution in [0.2, 0.25) is 0 Å². The first-order valence-electron chi connectivity index (χ1n) is 10.8. The number of methoxy groups -OCH3 is 2. The van der Waals surface area contributed by atoms with Crippen LogP contribution in [0.4, 0.5) is 0 Å². The zero-order valence-corrected chi connectivity index (χ0v) is 19.5. The average Bonchev–Trinajstić information content (AvgIpc) is 2.67. The van der Waals surface area contributed by atoms with Gasteiger partial charge in [0, 0.05) is 11.8 Å². The van der Waals surface area contributed by atoms with E-state index in [2.05, 4.69) is 25.7 Å². The Morgan fingerprint density at radius 2 is 1.87 bits per heavy atom. The number of hydrogen-bond donors (Lipinski definition) is 2. The first-order chi connectivity index (χ1) is 14.1. The lowest BCUT2D eigenvalue weighted by atomic mass is 9.77.